The molecule has 128 valence electrons. The van der Waals surface area contributed by atoms with Crippen molar-refractivity contribution >= 4 is 5.91 Å². The highest BCUT2D eigenvalue weighted by Crippen LogP contribution is 2.29. The van der Waals surface area contributed by atoms with E-state index in [9.17, 15) is 4.79 Å². The van der Waals surface area contributed by atoms with E-state index in [0.717, 1.165) is 11.1 Å². The number of rotatable bonds is 7. The highest BCUT2D eigenvalue weighted by atomic mass is 16.5. The van der Waals surface area contributed by atoms with Crippen molar-refractivity contribution in [2.75, 3.05) is 20.8 Å². The van der Waals surface area contributed by atoms with E-state index in [1.807, 2.05) is 56.3 Å². The Bertz CT molecular complexity index is 700. The average molecular weight is 329 g/mol. The molecule has 0 heterocycles. The molecule has 2 aromatic carbocycles. The number of benzene rings is 2. The predicted molar refractivity (Wildman–Crippen MR) is 92.8 cm³/mol. The second-order valence-corrected chi connectivity index (χ2v) is 5.50. The summed E-state index contributed by atoms with van der Waals surface area (Å²) in [6.45, 7) is 3.83. The van der Waals surface area contributed by atoms with Gasteiger partial charge in [-0.25, -0.2) is 0 Å². The van der Waals surface area contributed by atoms with E-state index in [-0.39, 0.29) is 18.6 Å². The molecule has 0 bridgehead atoms. The zero-order chi connectivity index (χ0) is 17.5. The minimum atomic E-state index is -0.233. The van der Waals surface area contributed by atoms with Crippen LogP contribution in [0.25, 0.3) is 0 Å². The fourth-order valence-electron chi connectivity index (χ4n) is 2.39. The summed E-state index contributed by atoms with van der Waals surface area (Å²) in [5.74, 6) is 1.89. The SMILES string of the molecule is COc1ccc(OC)c(C(C)NC(=O)COc2cccc(C)c2)c1. The zero-order valence-electron chi connectivity index (χ0n) is 14.5. The van der Waals surface area contributed by atoms with Gasteiger partial charge in [-0.15, -0.1) is 0 Å². The molecule has 0 aliphatic rings. The third-order valence-corrected chi connectivity index (χ3v) is 3.64. The fraction of sp³-hybridized carbons (Fsp3) is 0.316. The lowest BCUT2D eigenvalue weighted by molar-refractivity contribution is -0.123. The molecule has 0 spiro atoms. The summed E-state index contributed by atoms with van der Waals surface area (Å²) < 4.78 is 16.1. The first-order valence-electron chi connectivity index (χ1n) is 7.74. The first-order valence-corrected chi connectivity index (χ1v) is 7.74. The number of ether oxygens (including phenoxy) is 3. The van der Waals surface area contributed by atoms with Crippen molar-refractivity contribution in [1.29, 1.82) is 0 Å². The number of nitrogens with one attached hydrogen (secondary N) is 1. The van der Waals surface area contributed by atoms with Crippen molar-refractivity contribution in [3.63, 3.8) is 0 Å². The molecule has 5 nitrogen and oxygen atoms in total. The summed E-state index contributed by atoms with van der Waals surface area (Å²) in [4.78, 5) is 12.1. The molecular weight excluding hydrogens is 306 g/mol. The number of carbonyl (C=O) groups excluding carboxylic acids is 1. The van der Waals surface area contributed by atoms with Crippen molar-refractivity contribution < 1.29 is 19.0 Å². The van der Waals surface area contributed by atoms with E-state index in [1.54, 1.807) is 14.2 Å². The van der Waals surface area contributed by atoms with Crippen molar-refractivity contribution in [3.8, 4) is 17.2 Å². The number of amides is 1. The van der Waals surface area contributed by atoms with Crippen molar-refractivity contribution in [3.05, 3.63) is 53.6 Å². The zero-order valence-corrected chi connectivity index (χ0v) is 14.5. The molecule has 0 aliphatic heterocycles. The molecule has 0 radical (unpaired) electrons. The molecule has 1 atom stereocenters. The van der Waals surface area contributed by atoms with E-state index in [2.05, 4.69) is 5.32 Å². The Kier molecular flexibility index (Phi) is 6.07. The van der Waals surface area contributed by atoms with Crippen LogP contribution in [-0.4, -0.2) is 26.7 Å². The highest BCUT2D eigenvalue weighted by Gasteiger charge is 2.15. The first-order chi connectivity index (χ1) is 11.5. The molecular formula is C19H23NO4. The van der Waals surface area contributed by atoms with Crippen LogP contribution < -0.4 is 19.5 Å². The Morgan fingerprint density at radius 2 is 1.88 bits per heavy atom. The van der Waals surface area contributed by atoms with Gasteiger partial charge in [-0.2, -0.15) is 0 Å². The van der Waals surface area contributed by atoms with Gasteiger partial charge in [0.25, 0.3) is 5.91 Å². The van der Waals surface area contributed by atoms with Crippen LogP contribution in [0, 0.1) is 6.92 Å². The molecule has 0 saturated carbocycles. The van der Waals surface area contributed by atoms with Gasteiger partial charge in [-0.3, -0.25) is 4.79 Å². The Labute approximate surface area is 142 Å². The molecule has 0 fully saturated rings. The van der Waals surface area contributed by atoms with Crippen LogP contribution in [0.4, 0.5) is 0 Å². The predicted octanol–water partition coefficient (Wildman–Crippen LogP) is 3.27. The van der Waals surface area contributed by atoms with E-state index in [0.29, 0.717) is 17.2 Å². The van der Waals surface area contributed by atoms with Gasteiger partial charge in [-0.1, -0.05) is 12.1 Å². The second kappa shape index (κ2) is 8.24. The largest absolute Gasteiger partial charge is 0.497 e. The molecule has 0 aliphatic carbocycles. The molecule has 0 aromatic heterocycles. The number of carbonyl (C=O) groups is 1. The lowest BCUT2D eigenvalue weighted by Gasteiger charge is -2.18. The van der Waals surface area contributed by atoms with Gasteiger partial charge in [0, 0.05) is 5.56 Å². The third-order valence-electron chi connectivity index (χ3n) is 3.64. The summed E-state index contributed by atoms with van der Waals surface area (Å²) >= 11 is 0. The Morgan fingerprint density at radius 3 is 2.54 bits per heavy atom. The van der Waals surface area contributed by atoms with Crippen molar-refractivity contribution in [2.45, 2.75) is 19.9 Å². The minimum absolute atomic E-state index is 0.0416. The second-order valence-electron chi connectivity index (χ2n) is 5.50. The van der Waals surface area contributed by atoms with Gasteiger partial charge in [0.1, 0.15) is 17.2 Å². The minimum Gasteiger partial charge on any atom is -0.497 e. The van der Waals surface area contributed by atoms with Crippen LogP contribution in [0.15, 0.2) is 42.5 Å². The lowest BCUT2D eigenvalue weighted by Crippen LogP contribution is -2.31. The Hall–Kier alpha value is -2.69. The van der Waals surface area contributed by atoms with Crippen LogP contribution in [0.3, 0.4) is 0 Å². The molecule has 1 unspecified atom stereocenters. The van der Waals surface area contributed by atoms with Crippen molar-refractivity contribution in [1.82, 2.24) is 5.32 Å². The van der Waals surface area contributed by atoms with Crippen molar-refractivity contribution in [2.24, 2.45) is 0 Å². The van der Waals surface area contributed by atoms with E-state index < -0.39 is 0 Å². The number of hydrogen-bond acceptors (Lipinski definition) is 4. The third kappa shape index (κ3) is 4.65. The van der Waals surface area contributed by atoms with Crippen LogP contribution in [0.1, 0.15) is 24.1 Å². The van der Waals surface area contributed by atoms with Crippen LogP contribution in [0.2, 0.25) is 0 Å². The molecule has 24 heavy (non-hydrogen) atoms. The number of hydrogen-bond donors (Lipinski definition) is 1. The summed E-state index contributed by atoms with van der Waals surface area (Å²) in [5.41, 5.74) is 1.93. The molecule has 5 heteroatoms. The number of aryl methyl sites for hydroxylation is 1. The molecule has 1 amide bonds. The van der Waals surface area contributed by atoms with Crippen LogP contribution in [-0.2, 0) is 4.79 Å². The summed E-state index contributed by atoms with van der Waals surface area (Å²) in [6, 6.07) is 12.8. The lowest BCUT2D eigenvalue weighted by atomic mass is 10.1. The summed E-state index contributed by atoms with van der Waals surface area (Å²) in [6.07, 6.45) is 0. The van der Waals surface area contributed by atoms with Gasteiger partial charge in [-0.05, 0) is 49.7 Å². The molecule has 2 rings (SSSR count). The topological polar surface area (TPSA) is 56.8 Å². The normalized spacial score (nSPS) is 11.5. The standard InChI is InChI=1S/C19H23NO4/c1-13-6-5-7-16(10-13)24-12-19(21)20-14(2)17-11-15(22-3)8-9-18(17)23-4/h5-11,14H,12H2,1-4H3,(H,20,21). The van der Waals surface area contributed by atoms with E-state index in [4.69, 9.17) is 14.2 Å². The van der Waals surface area contributed by atoms with Crippen LogP contribution in [0.5, 0.6) is 17.2 Å². The Balaban J connectivity index is 1.98. The van der Waals surface area contributed by atoms with E-state index >= 15 is 0 Å². The molecule has 1 N–H and O–H groups in total. The first kappa shape index (κ1) is 17.7. The summed E-state index contributed by atoms with van der Waals surface area (Å²) in [5, 5.41) is 2.91. The number of methoxy groups -OCH3 is 2. The van der Waals surface area contributed by atoms with Crippen LogP contribution >= 0.6 is 0 Å². The quantitative estimate of drug-likeness (QED) is 0.847. The van der Waals surface area contributed by atoms with E-state index in [1.165, 1.54) is 0 Å². The highest BCUT2D eigenvalue weighted by molar-refractivity contribution is 5.78. The maximum absolute atomic E-state index is 12.1. The van der Waals surface area contributed by atoms with Gasteiger partial charge in [0.15, 0.2) is 6.61 Å². The monoisotopic (exact) mass is 329 g/mol. The summed E-state index contributed by atoms with van der Waals surface area (Å²) in [7, 11) is 3.20. The van der Waals surface area contributed by atoms with Gasteiger partial charge >= 0.3 is 0 Å². The maximum Gasteiger partial charge on any atom is 0.258 e. The smallest absolute Gasteiger partial charge is 0.258 e. The fourth-order valence-corrected chi connectivity index (χ4v) is 2.39. The van der Waals surface area contributed by atoms with Gasteiger partial charge < -0.3 is 19.5 Å². The van der Waals surface area contributed by atoms with Gasteiger partial charge in [0.2, 0.25) is 0 Å². The molecule has 2 aromatic rings. The average Bonchev–Trinajstić information content (AvgIpc) is 2.59. The van der Waals surface area contributed by atoms with Gasteiger partial charge in [0.05, 0.1) is 20.3 Å². The maximum atomic E-state index is 12.1. The molecule has 0 saturated heterocycles. The Morgan fingerprint density at radius 1 is 1.08 bits per heavy atom.